The van der Waals surface area contributed by atoms with Crippen molar-refractivity contribution >= 4 is 23.8 Å². The second kappa shape index (κ2) is 14.6. The number of aliphatic hydroxyl groups is 1. The van der Waals surface area contributed by atoms with E-state index in [0.717, 1.165) is 41.5 Å². The van der Waals surface area contributed by atoms with Crippen molar-refractivity contribution in [1.29, 1.82) is 0 Å². The quantitative estimate of drug-likeness (QED) is 0.200. The van der Waals surface area contributed by atoms with Crippen molar-refractivity contribution in [3.8, 4) is 0 Å². The van der Waals surface area contributed by atoms with Crippen molar-refractivity contribution < 1.29 is 14.6 Å². The Labute approximate surface area is 193 Å². The Balaban J connectivity index is 2.12. The molecule has 2 rings (SSSR count). The van der Waals surface area contributed by atoms with Crippen LogP contribution in [0.25, 0.3) is 11.6 Å². The molecule has 1 saturated carbocycles. The summed E-state index contributed by atoms with van der Waals surface area (Å²) in [5, 5.41) is 10.8. The van der Waals surface area contributed by atoms with Gasteiger partial charge in [-0.15, -0.1) is 0 Å². The van der Waals surface area contributed by atoms with Gasteiger partial charge in [-0.25, -0.2) is 0 Å². The number of hydrogen-bond donors (Lipinski definition) is 2. The van der Waals surface area contributed by atoms with E-state index in [-0.39, 0.29) is 5.97 Å². The van der Waals surface area contributed by atoms with Crippen LogP contribution in [0.4, 0.5) is 0 Å². The lowest BCUT2D eigenvalue weighted by Gasteiger charge is -2.15. The molecule has 0 spiro atoms. The predicted octanol–water partition coefficient (Wildman–Crippen LogP) is 5.97. The molecule has 3 N–H and O–H groups in total. The van der Waals surface area contributed by atoms with E-state index >= 15 is 0 Å². The van der Waals surface area contributed by atoms with Crippen LogP contribution >= 0.6 is 0 Å². The van der Waals surface area contributed by atoms with Gasteiger partial charge >= 0.3 is 5.97 Å². The number of aliphatic imine (C=N–C) groups is 1. The number of nitrogens with two attached hydrogens (primary N) is 1. The van der Waals surface area contributed by atoms with Gasteiger partial charge in [-0.05, 0) is 61.3 Å². The number of hydrogen-bond acceptors (Lipinski definition) is 5. The number of carbonyl (C=O) groups is 1. The molecule has 32 heavy (non-hydrogen) atoms. The van der Waals surface area contributed by atoms with Crippen molar-refractivity contribution in [3.63, 3.8) is 0 Å². The Bertz CT molecular complexity index is 794. The Morgan fingerprint density at radius 2 is 2.03 bits per heavy atom. The van der Waals surface area contributed by atoms with Gasteiger partial charge in [-0.3, -0.25) is 9.79 Å². The van der Waals surface area contributed by atoms with Crippen molar-refractivity contribution in [2.45, 2.75) is 89.7 Å². The zero-order chi connectivity index (χ0) is 23.2. The first-order chi connectivity index (χ1) is 15.6. The van der Waals surface area contributed by atoms with Crippen LogP contribution in [0.1, 0.15) is 100 Å². The average molecular weight is 441 g/mol. The van der Waals surface area contributed by atoms with Crippen LogP contribution in [0.2, 0.25) is 0 Å². The Kier molecular flexibility index (Phi) is 11.8. The Hall–Kier alpha value is -2.40. The van der Waals surface area contributed by atoms with E-state index < -0.39 is 6.10 Å². The minimum atomic E-state index is -0.636. The first-order valence-corrected chi connectivity index (χ1v) is 12.1. The number of aliphatic hydroxyl groups excluding tert-OH is 1. The largest absolute Gasteiger partial charge is 0.469 e. The van der Waals surface area contributed by atoms with E-state index in [0.29, 0.717) is 25.3 Å². The van der Waals surface area contributed by atoms with Crippen LogP contribution in [0.5, 0.6) is 0 Å². The summed E-state index contributed by atoms with van der Waals surface area (Å²) in [4.78, 5) is 15.9. The fraction of sp³-hybridized carbons (Fsp3) is 0.556. The van der Waals surface area contributed by atoms with E-state index in [1.54, 1.807) is 6.20 Å². The molecule has 5 heteroatoms. The van der Waals surface area contributed by atoms with Crippen LogP contribution in [0.15, 0.2) is 35.5 Å². The van der Waals surface area contributed by atoms with Crippen molar-refractivity contribution in [2.24, 2.45) is 10.7 Å². The van der Waals surface area contributed by atoms with E-state index in [1.807, 2.05) is 18.3 Å². The predicted molar refractivity (Wildman–Crippen MR) is 133 cm³/mol. The van der Waals surface area contributed by atoms with E-state index in [1.165, 1.54) is 39.2 Å². The molecule has 1 aliphatic carbocycles. The molecule has 0 aromatic heterocycles. The smallest absolute Gasteiger partial charge is 0.305 e. The van der Waals surface area contributed by atoms with Crippen molar-refractivity contribution in [1.82, 2.24) is 0 Å². The molecular weight excluding hydrogens is 400 g/mol. The summed E-state index contributed by atoms with van der Waals surface area (Å²) in [6.45, 7) is 2.23. The normalized spacial score (nSPS) is 15.5. The average Bonchev–Trinajstić information content (AvgIpc) is 3.63. The fourth-order valence-electron chi connectivity index (χ4n) is 3.60. The van der Waals surface area contributed by atoms with Gasteiger partial charge in [0.15, 0.2) is 0 Å². The van der Waals surface area contributed by atoms with Gasteiger partial charge < -0.3 is 15.6 Å². The summed E-state index contributed by atoms with van der Waals surface area (Å²) in [5.41, 5.74) is 9.62. The summed E-state index contributed by atoms with van der Waals surface area (Å²) >= 11 is 0. The van der Waals surface area contributed by atoms with Gasteiger partial charge in [-0.1, -0.05) is 56.9 Å². The lowest BCUT2D eigenvalue weighted by atomic mass is 9.94. The molecule has 0 amide bonds. The first kappa shape index (κ1) is 25.9. The molecule has 5 nitrogen and oxygen atoms in total. The standard InChI is InChI=1S/C27H40N2O3/c1-3-4-5-6-7-8-9-11-22-18-21(23(19-28)20-29-24-15-16-24)14-17-25(22)26(30)12-10-13-27(31)32-2/h9,11,14,17-20,24,26,30H,3-8,10,12-13,15-16,28H2,1-2H3/b11-9+,23-19+,29-20?. The molecule has 1 aromatic rings. The molecule has 1 fully saturated rings. The van der Waals surface area contributed by atoms with Crippen LogP contribution in [-0.2, 0) is 9.53 Å². The van der Waals surface area contributed by atoms with Crippen LogP contribution in [0.3, 0.4) is 0 Å². The second-order valence-electron chi connectivity index (χ2n) is 8.56. The number of methoxy groups -OCH3 is 1. The van der Waals surface area contributed by atoms with Gasteiger partial charge in [0.2, 0.25) is 0 Å². The second-order valence-corrected chi connectivity index (χ2v) is 8.56. The van der Waals surface area contributed by atoms with Crippen LogP contribution in [-0.4, -0.2) is 30.4 Å². The zero-order valence-corrected chi connectivity index (χ0v) is 19.8. The highest BCUT2D eigenvalue weighted by Gasteiger charge is 2.19. The molecule has 0 heterocycles. The number of ether oxygens (including phenoxy) is 1. The van der Waals surface area contributed by atoms with Crippen molar-refractivity contribution in [2.75, 3.05) is 7.11 Å². The lowest BCUT2D eigenvalue weighted by molar-refractivity contribution is -0.140. The number of benzene rings is 1. The highest BCUT2D eigenvalue weighted by molar-refractivity contribution is 6.09. The minimum absolute atomic E-state index is 0.247. The molecule has 0 bridgehead atoms. The first-order valence-electron chi connectivity index (χ1n) is 12.1. The molecule has 176 valence electrons. The highest BCUT2D eigenvalue weighted by atomic mass is 16.5. The maximum atomic E-state index is 11.4. The van der Waals surface area contributed by atoms with E-state index in [9.17, 15) is 9.90 Å². The van der Waals surface area contributed by atoms with Gasteiger partial charge in [0, 0.05) is 24.4 Å². The van der Waals surface area contributed by atoms with Gasteiger partial charge in [0.25, 0.3) is 0 Å². The highest BCUT2D eigenvalue weighted by Crippen LogP contribution is 2.28. The maximum absolute atomic E-state index is 11.4. The monoisotopic (exact) mass is 440 g/mol. The third-order valence-electron chi connectivity index (χ3n) is 5.79. The topological polar surface area (TPSA) is 84.9 Å². The number of rotatable bonds is 15. The summed E-state index contributed by atoms with van der Waals surface area (Å²) < 4.78 is 4.70. The molecule has 0 saturated heterocycles. The SMILES string of the molecule is CCCCCCC/C=C/c1cc(/C(C=NC2CC2)=C/N)ccc1C(O)CCCC(=O)OC. The van der Waals surface area contributed by atoms with E-state index in [4.69, 9.17) is 10.5 Å². The lowest BCUT2D eigenvalue weighted by Crippen LogP contribution is -2.05. The zero-order valence-electron chi connectivity index (χ0n) is 19.8. The van der Waals surface area contributed by atoms with Gasteiger partial charge in [0.1, 0.15) is 0 Å². The minimum Gasteiger partial charge on any atom is -0.469 e. The summed E-state index contributed by atoms with van der Waals surface area (Å²) in [7, 11) is 1.39. The maximum Gasteiger partial charge on any atom is 0.305 e. The third-order valence-corrected chi connectivity index (χ3v) is 5.79. The number of allylic oxidation sites excluding steroid dienone is 2. The Morgan fingerprint density at radius 3 is 2.72 bits per heavy atom. The molecule has 1 aliphatic rings. The van der Waals surface area contributed by atoms with Gasteiger partial charge in [0.05, 0.1) is 19.3 Å². The summed E-state index contributed by atoms with van der Waals surface area (Å²) in [6, 6.07) is 6.46. The molecule has 0 radical (unpaired) electrons. The fourth-order valence-corrected chi connectivity index (χ4v) is 3.60. The van der Waals surface area contributed by atoms with Crippen LogP contribution in [0, 0.1) is 0 Å². The van der Waals surface area contributed by atoms with Crippen molar-refractivity contribution in [3.05, 3.63) is 47.2 Å². The van der Waals surface area contributed by atoms with Gasteiger partial charge in [-0.2, -0.15) is 0 Å². The third kappa shape index (κ3) is 9.39. The molecule has 1 unspecified atom stereocenters. The number of carbonyl (C=O) groups excluding carboxylic acids is 1. The molecular formula is C27H40N2O3. The summed E-state index contributed by atoms with van der Waals surface area (Å²) in [5.74, 6) is -0.247. The molecule has 1 aromatic carbocycles. The number of nitrogens with zero attached hydrogens (tertiary/aromatic N) is 1. The summed E-state index contributed by atoms with van der Waals surface area (Å²) in [6.07, 6.45) is 18.1. The van der Waals surface area contributed by atoms with Crippen LogP contribution < -0.4 is 5.73 Å². The number of unbranched alkanes of at least 4 members (excludes halogenated alkanes) is 5. The number of esters is 1. The van der Waals surface area contributed by atoms with E-state index in [2.05, 4.69) is 30.1 Å². The molecule has 0 aliphatic heterocycles. The molecule has 1 atom stereocenters. The Morgan fingerprint density at radius 1 is 1.25 bits per heavy atom.